The minimum absolute atomic E-state index is 0.0814. The SMILES string of the molecule is CC(=O)NC[C@H]1CN(c2cc(F)c(N3CCCC(Cc4nnnn4C)CC3)c(F)c2)C(=O)O1. The fourth-order valence-electron chi connectivity index (χ4n) is 4.38. The van der Waals surface area contributed by atoms with Gasteiger partial charge < -0.3 is 15.0 Å². The van der Waals surface area contributed by atoms with Crippen molar-refractivity contribution >= 4 is 23.4 Å². The van der Waals surface area contributed by atoms with Gasteiger partial charge in [0.15, 0.2) is 17.5 Å². The summed E-state index contributed by atoms with van der Waals surface area (Å²) in [5.74, 6) is -0.577. The van der Waals surface area contributed by atoms with Gasteiger partial charge in [-0.2, -0.15) is 0 Å². The molecule has 0 aliphatic carbocycles. The van der Waals surface area contributed by atoms with Gasteiger partial charge in [-0.1, -0.05) is 0 Å². The van der Waals surface area contributed by atoms with Crippen LogP contribution in [0.5, 0.6) is 0 Å². The van der Waals surface area contributed by atoms with Crippen molar-refractivity contribution in [1.82, 2.24) is 25.5 Å². The van der Waals surface area contributed by atoms with Crippen molar-refractivity contribution in [2.24, 2.45) is 13.0 Å². The van der Waals surface area contributed by atoms with E-state index >= 15 is 8.78 Å². The van der Waals surface area contributed by atoms with Crippen LogP contribution in [0.4, 0.5) is 25.0 Å². The molecular weight excluding hydrogens is 436 g/mol. The number of nitrogens with one attached hydrogen (secondary N) is 1. The quantitative estimate of drug-likeness (QED) is 0.696. The summed E-state index contributed by atoms with van der Waals surface area (Å²) in [6.07, 6.45) is 1.90. The summed E-state index contributed by atoms with van der Waals surface area (Å²) in [6.45, 7) is 2.63. The van der Waals surface area contributed by atoms with E-state index in [0.717, 1.165) is 43.6 Å². The molecule has 0 spiro atoms. The summed E-state index contributed by atoms with van der Waals surface area (Å²) in [7, 11) is 1.79. The van der Waals surface area contributed by atoms with Crippen molar-refractivity contribution in [3.63, 3.8) is 0 Å². The van der Waals surface area contributed by atoms with Crippen LogP contribution in [0.25, 0.3) is 0 Å². The summed E-state index contributed by atoms with van der Waals surface area (Å²) in [4.78, 5) is 26.2. The molecule has 3 heterocycles. The van der Waals surface area contributed by atoms with Crippen LogP contribution in [0.15, 0.2) is 12.1 Å². The molecule has 1 aromatic carbocycles. The lowest BCUT2D eigenvalue weighted by Crippen LogP contribution is -2.33. The minimum Gasteiger partial charge on any atom is -0.442 e. The topological polar surface area (TPSA) is 105 Å². The number of carbonyl (C=O) groups is 2. The van der Waals surface area contributed by atoms with Crippen LogP contribution in [0.2, 0.25) is 0 Å². The van der Waals surface area contributed by atoms with Crippen LogP contribution in [0.3, 0.4) is 0 Å². The third kappa shape index (κ3) is 5.20. The number of rotatable bonds is 6. The molecule has 2 aliphatic rings. The molecule has 10 nitrogen and oxygen atoms in total. The van der Waals surface area contributed by atoms with Gasteiger partial charge in [0.25, 0.3) is 0 Å². The average molecular weight is 463 g/mol. The number of aromatic nitrogens is 4. The molecule has 2 amide bonds. The Morgan fingerprint density at radius 2 is 2.00 bits per heavy atom. The third-order valence-electron chi connectivity index (χ3n) is 6.11. The first kappa shape index (κ1) is 22.9. The molecule has 178 valence electrons. The monoisotopic (exact) mass is 463 g/mol. The predicted octanol–water partition coefficient (Wildman–Crippen LogP) is 1.80. The Bertz CT molecular complexity index is 1010. The van der Waals surface area contributed by atoms with E-state index in [1.165, 1.54) is 11.8 Å². The lowest BCUT2D eigenvalue weighted by molar-refractivity contribution is -0.119. The molecule has 2 aromatic rings. The van der Waals surface area contributed by atoms with Gasteiger partial charge in [0.2, 0.25) is 5.91 Å². The molecule has 12 heteroatoms. The zero-order valence-corrected chi connectivity index (χ0v) is 18.6. The Balaban J connectivity index is 1.43. The van der Waals surface area contributed by atoms with Crippen molar-refractivity contribution in [2.45, 2.75) is 38.7 Å². The molecule has 0 radical (unpaired) electrons. The number of hydrogen-bond acceptors (Lipinski definition) is 7. The van der Waals surface area contributed by atoms with E-state index in [1.807, 2.05) is 0 Å². The first-order valence-corrected chi connectivity index (χ1v) is 11.0. The van der Waals surface area contributed by atoms with Crippen LogP contribution in [0.1, 0.15) is 32.0 Å². The van der Waals surface area contributed by atoms with E-state index in [1.54, 1.807) is 16.6 Å². The molecule has 1 unspecified atom stereocenters. The summed E-state index contributed by atoms with van der Waals surface area (Å²) >= 11 is 0. The van der Waals surface area contributed by atoms with Gasteiger partial charge in [-0.25, -0.2) is 18.3 Å². The number of carbonyl (C=O) groups excluding carboxylic acids is 2. The van der Waals surface area contributed by atoms with Gasteiger partial charge in [-0.15, -0.1) is 5.10 Å². The molecule has 0 bridgehead atoms. The molecule has 2 fully saturated rings. The maximum atomic E-state index is 15.1. The van der Waals surface area contributed by atoms with E-state index in [4.69, 9.17) is 4.74 Å². The first-order valence-electron chi connectivity index (χ1n) is 11.0. The fraction of sp³-hybridized carbons (Fsp3) is 0.571. The molecule has 2 aliphatic heterocycles. The summed E-state index contributed by atoms with van der Waals surface area (Å²) in [5, 5.41) is 14.1. The van der Waals surface area contributed by atoms with Crippen LogP contribution >= 0.6 is 0 Å². The third-order valence-corrected chi connectivity index (χ3v) is 6.11. The lowest BCUT2D eigenvalue weighted by Gasteiger charge is -2.25. The van der Waals surface area contributed by atoms with Gasteiger partial charge in [-0.3, -0.25) is 9.69 Å². The van der Waals surface area contributed by atoms with Gasteiger partial charge in [0, 0.05) is 45.6 Å². The number of anilines is 2. The number of tetrazole rings is 1. The zero-order chi connectivity index (χ0) is 23.5. The molecule has 2 saturated heterocycles. The number of cyclic esters (lactones) is 1. The maximum Gasteiger partial charge on any atom is 0.414 e. The number of aryl methyl sites for hydroxylation is 1. The Morgan fingerprint density at radius 3 is 2.67 bits per heavy atom. The first-order chi connectivity index (χ1) is 15.8. The summed E-state index contributed by atoms with van der Waals surface area (Å²) < 4.78 is 37.0. The van der Waals surface area contributed by atoms with Crippen molar-refractivity contribution in [3.8, 4) is 0 Å². The average Bonchev–Trinajstić information content (AvgIpc) is 3.25. The highest BCUT2D eigenvalue weighted by Crippen LogP contribution is 2.33. The molecule has 0 saturated carbocycles. The lowest BCUT2D eigenvalue weighted by atomic mass is 9.97. The Kier molecular flexibility index (Phi) is 6.70. The molecule has 1 N–H and O–H groups in total. The molecule has 2 atom stereocenters. The molecular formula is C21H27F2N7O3. The number of hydrogen-bond donors (Lipinski definition) is 1. The highest BCUT2D eigenvalue weighted by molar-refractivity contribution is 5.90. The largest absolute Gasteiger partial charge is 0.442 e. The second-order valence-electron chi connectivity index (χ2n) is 8.52. The van der Waals surface area contributed by atoms with Gasteiger partial charge >= 0.3 is 6.09 Å². The zero-order valence-electron chi connectivity index (χ0n) is 18.6. The van der Waals surface area contributed by atoms with E-state index in [-0.39, 0.29) is 30.4 Å². The Morgan fingerprint density at radius 1 is 1.24 bits per heavy atom. The van der Waals surface area contributed by atoms with E-state index in [0.29, 0.717) is 19.0 Å². The van der Waals surface area contributed by atoms with E-state index in [9.17, 15) is 9.59 Å². The normalized spacial score (nSPS) is 21.2. The smallest absolute Gasteiger partial charge is 0.414 e. The Labute approximate surface area is 189 Å². The maximum absolute atomic E-state index is 15.1. The highest BCUT2D eigenvalue weighted by atomic mass is 19.1. The number of halogens is 2. The fourth-order valence-corrected chi connectivity index (χ4v) is 4.38. The van der Waals surface area contributed by atoms with E-state index < -0.39 is 23.8 Å². The van der Waals surface area contributed by atoms with Gasteiger partial charge in [0.1, 0.15) is 11.8 Å². The molecule has 1 aromatic heterocycles. The second kappa shape index (κ2) is 9.67. The van der Waals surface area contributed by atoms with Crippen molar-refractivity contribution < 1.29 is 23.1 Å². The highest BCUT2D eigenvalue weighted by Gasteiger charge is 2.34. The van der Waals surface area contributed by atoms with Crippen molar-refractivity contribution in [2.75, 3.05) is 36.0 Å². The standard InChI is InChI=1S/C21H27F2N7O3/c1-13(31)24-11-16-12-30(21(32)33-16)15-9-17(22)20(18(23)10-15)29-6-3-4-14(5-7-29)8-19-25-26-27-28(19)2/h9-10,14,16H,3-8,11-12H2,1-2H3,(H,24,31)/t14?,16-/m0/s1. The van der Waals surface area contributed by atoms with Gasteiger partial charge in [-0.05, 0) is 35.6 Å². The van der Waals surface area contributed by atoms with Crippen LogP contribution in [-0.2, 0) is 23.0 Å². The minimum atomic E-state index is -0.723. The number of benzene rings is 1. The number of amides is 2. The predicted molar refractivity (Wildman–Crippen MR) is 115 cm³/mol. The number of nitrogens with zero attached hydrogens (tertiary/aromatic N) is 6. The van der Waals surface area contributed by atoms with Crippen molar-refractivity contribution in [3.05, 3.63) is 29.6 Å². The summed E-state index contributed by atoms with van der Waals surface area (Å²) in [6, 6.07) is 2.32. The molecule has 33 heavy (non-hydrogen) atoms. The Hall–Kier alpha value is -3.31. The molecule has 4 rings (SSSR count). The number of ether oxygens (including phenoxy) is 1. The van der Waals surface area contributed by atoms with Gasteiger partial charge in [0.05, 0.1) is 18.8 Å². The second-order valence-corrected chi connectivity index (χ2v) is 8.52. The van der Waals surface area contributed by atoms with Crippen LogP contribution < -0.4 is 15.1 Å². The van der Waals surface area contributed by atoms with Crippen molar-refractivity contribution in [1.29, 1.82) is 0 Å². The van der Waals surface area contributed by atoms with E-state index in [2.05, 4.69) is 20.8 Å². The van der Waals surface area contributed by atoms with Crippen LogP contribution in [-0.4, -0.2) is 64.5 Å². The van der Waals surface area contributed by atoms with Crippen LogP contribution in [0, 0.1) is 17.6 Å². The summed E-state index contributed by atoms with van der Waals surface area (Å²) in [5.41, 5.74) is 0.00800.